The van der Waals surface area contributed by atoms with Crippen molar-refractivity contribution in [3.8, 4) is 0 Å². The molecule has 1 amide bonds. The van der Waals surface area contributed by atoms with Gasteiger partial charge in [0.05, 0.1) is 17.4 Å². The number of nitrogens with one attached hydrogen (secondary N) is 1. The number of nitro groups is 1. The quantitative estimate of drug-likeness (QED) is 0.427. The highest BCUT2D eigenvalue weighted by Crippen LogP contribution is 2.09. The Labute approximate surface area is 118 Å². The normalized spacial score (nSPS) is 12.1. The second-order valence-corrected chi connectivity index (χ2v) is 4.93. The average molecular weight is 282 g/mol. The number of hydrogen-bond donors (Lipinski definition) is 1. The van der Waals surface area contributed by atoms with E-state index in [1.807, 2.05) is 0 Å². The van der Waals surface area contributed by atoms with Crippen molar-refractivity contribution in [3.05, 3.63) is 22.5 Å². The number of hydrogen-bond acceptors (Lipinski definition) is 4. The maximum Gasteiger partial charge on any atom is 0.306 e. The summed E-state index contributed by atoms with van der Waals surface area (Å²) in [5, 5.41) is 17.3. The van der Waals surface area contributed by atoms with Crippen molar-refractivity contribution < 1.29 is 9.72 Å². The van der Waals surface area contributed by atoms with Crippen LogP contribution in [0.1, 0.15) is 39.5 Å². The number of nitrogens with zero attached hydrogens (tertiary/aromatic N) is 3. The predicted molar refractivity (Wildman–Crippen MR) is 75.2 cm³/mol. The summed E-state index contributed by atoms with van der Waals surface area (Å²) in [5.74, 6) is -0.305. The number of rotatable bonds is 9. The molecule has 112 valence electrons. The van der Waals surface area contributed by atoms with Crippen molar-refractivity contribution in [2.24, 2.45) is 5.92 Å². The van der Waals surface area contributed by atoms with Gasteiger partial charge >= 0.3 is 5.69 Å². The van der Waals surface area contributed by atoms with Crippen LogP contribution in [-0.4, -0.2) is 27.2 Å². The highest BCUT2D eigenvalue weighted by molar-refractivity contribution is 5.78. The molecule has 0 aromatic carbocycles. The molecular weight excluding hydrogens is 260 g/mol. The van der Waals surface area contributed by atoms with Crippen molar-refractivity contribution >= 4 is 11.6 Å². The van der Waals surface area contributed by atoms with E-state index in [0.29, 0.717) is 13.1 Å². The van der Waals surface area contributed by atoms with E-state index in [-0.39, 0.29) is 17.5 Å². The van der Waals surface area contributed by atoms with Crippen LogP contribution in [0.25, 0.3) is 0 Å². The van der Waals surface area contributed by atoms with E-state index in [4.69, 9.17) is 0 Å². The Kier molecular flexibility index (Phi) is 6.69. The maximum atomic E-state index is 11.8. The molecule has 0 aliphatic rings. The van der Waals surface area contributed by atoms with Crippen molar-refractivity contribution in [1.82, 2.24) is 15.1 Å². The van der Waals surface area contributed by atoms with Crippen LogP contribution in [0.3, 0.4) is 0 Å². The van der Waals surface area contributed by atoms with Crippen molar-refractivity contribution in [3.63, 3.8) is 0 Å². The molecule has 0 bridgehead atoms. The van der Waals surface area contributed by atoms with E-state index in [1.165, 1.54) is 29.9 Å². The molecule has 1 rings (SSSR count). The monoisotopic (exact) mass is 282 g/mol. The standard InChI is InChI=1S/C13H22N4O3/c1-3-4-5-6-7-14-13(18)11(2)9-16-10-12(8-15-16)17(19)20/h8,10-11H,3-7,9H2,1-2H3,(H,14,18). The van der Waals surface area contributed by atoms with E-state index in [0.717, 1.165) is 12.8 Å². The molecular formula is C13H22N4O3. The number of aromatic nitrogens is 2. The SMILES string of the molecule is CCCCCCNC(=O)C(C)Cn1cc([N+](=O)[O-])cn1. The summed E-state index contributed by atoms with van der Waals surface area (Å²) in [5.41, 5.74) is -0.0582. The zero-order chi connectivity index (χ0) is 15.0. The summed E-state index contributed by atoms with van der Waals surface area (Å²) in [6.07, 6.45) is 6.99. The Bertz CT molecular complexity index is 445. The maximum absolute atomic E-state index is 11.8. The predicted octanol–water partition coefficient (Wildman–Crippen LogP) is 2.12. The molecule has 0 fully saturated rings. The summed E-state index contributed by atoms with van der Waals surface area (Å²) in [4.78, 5) is 21.9. The van der Waals surface area contributed by atoms with Gasteiger partial charge in [-0.3, -0.25) is 19.6 Å². The molecule has 0 saturated carbocycles. The third-order valence-corrected chi connectivity index (χ3v) is 3.07. The Hall–Kier alpha value is -1.92. The van der Waals surface area contributed by atoms with Gasteiger partial charge in [-0.25, -0.2) is 0 Å². The number of carbonyl (C=O) groups is 1. The van der Waals surface area contributed by atoms with Crippen LogP contribution in [0.5, 0.6) is 0 Å². The molecule has 20 heavy (non-hydrogen) atoms. The number of unbranched alkanes of at least 4 members (excludes halogenated alkanes) is 3. The van der Waals surface area contributed by atoms with E-state index >= 15 is 0 Å². The lowest BCUT2D eigenvalue weighted by Crippen LogP contribution is -2.32. The fourth-order valence-corrected chi connectivity index (χ4v) is 1.85. The fourth-order valence-electron chi connectivity index (χ4n) is 1.85. The van der Waals surface area contributed by atoms with Gasteiger partial charge in [-0.1, -0.05) is 33.1 Å². The first kappa shape index (κ1) is 16.1. The Morgan fingerprint density at radius 2 is 2.25 bits per heavy atom. The molecule has 1 heterocycles. The first-order valence-electron chi connectivity index (χ1n) is 6.99. The number of carbonyl (C=O) groups excluding carboxylic acids is 1. The minimum Gasteiger partial charge on any atom is -0.356 e. The van der Waals surface area contributed by atoms with Gasteiger partial charge in [-0.05, 0) is 6.42 Å². The van der Waals surface area contributed by atoms with E-state index in [9.17, 15) is 14.9 Å². The number of amides is 1. The highest BCUT2D eigenvalue weighted by atomic mass is 16.6. The summed E-state index contributed by atoms with van der Waals surface area (Å²) >= 11 is 0. The lowest BCUT2D eigenvalue weighted by molar-refractivity contribution is -0.385. The van der Waals surface area contributed by atoms with Crippen LogP contribution in [0.15, 0.2) is 12.4 Å². The van der Waals surface area contributed by atoms with E-state index in [1.54, 1.807) is 6.92 Å². The van der Waals surface area contributed by atoms with Gasteiger partial charge in [0.25, 0.3) is 0 Å². The first-order chi connectivity index (χ1) is 9.54. The van der Waals surface area contributed by atoms with Gasteiger partial charge < -0.3 is 5.32 Å². The molecule has 7 nitrogen and oxygen atoms in total. The second-order valence-electron chi connectivity index (χ2n) is 4.93. The van der Waals surface area contributed by atoms with Crippen molar-refractivity contribution in [1.29, 1.82) is 0 Å². The summed E-state index contributed by atoms with van der Waals surface area (Å²) < 4.78 is 1.43. The first-order valence-corrected chi connectivity index (χ1v) is 6.99. The topological polar surface area (TPSA) is 90.1 Å². The Morgan fingerprint density at radius 1 is 1.50 bits per heavy atom. The smallest absolute Gasteiger partial charge is 0.306 e. The third kappa shape index (κ3) is 5.38. The van der Waals surface area contributed by atoms with Crippen LogP contribution in [0.4, 0.5) is 5.69 Å². The van der Waals surface area contributed by atoms with Crippen LogP contribution >= 0.6 is 0 Å². The lowest BCUT2D eigenvalue weighted by atomic mass is 10.1. The molecule has 1 atom stereocenters. The van der Waals surface area contributed by atoms with Crippen LogP contribution in [0, 0.1) is 16.0 Å². The van der Waals surface area contributed by atoms with Gasteiger partial charge in [0, 0.05) is 6.54 Å². The second kappa shape index (κ2) is 8.29. The van der Waals surface area contributed by atoms with Crippen LogP contribution in [-0.2, 0) is 11.3 Å². The molecule has 0 radical (unpaired) electrons. The van der Waals surface area contributed by atoms with E-state index < -0.39 is 4.92 Å². The Morgan fingerprint density at radius 3 is 2.85 bits per heavy atom. The summed E-state index contributed by atoms with van der Waals surface area (Å²) in [6.45, 7) is 4.95. The summed E-state index contributed by atoms with van der Waals surface area (Å²) in [6, 6.07) is 0. The Balaban J connectivity index is 2.31. The highest BCUT2D eigenvalue weighted by Gasteiger charge is 2.15. The average Bonchev–Trinajstić information content (AvgIpc) is 2.87. The minimum atomic E-state index is -0.498. The van der Waals surface area contributed by atoms with Gasteiger partial charge in [-0.15, -0.1) is 0 Å². The van der Waals surface area contributed by atoms with Gasteiger partial charge in [-0.2, -0.15) is 5.10 Å². The van der Waals surface area contributed by atoms with E-state index in [2.05, 4.69) is 17.3 Å². The molecule has 0 aliphatic carbocycles. The van der Waals surface area contributed by atoms with Gasteiger partial charge in [0.15, 0.2) is 0 Å². The van der Waals surface area contributed by atoms with Gasteiger partial charge in [0.2, 0.25) is 5.91 Å². The fraction of sp³-hybridized carbons (Fsp3) is 0.692. The zero-order valence-corrected chi connectivity index (χ0v) is 12.0. The molecule has 0 saturated heterocycles. The summed E-state index contributed by atoms with van der Waals surface area (Å²) in [7, 11) is 0. The van der Waals surface area contributed by atoms with Crippen LogP contribution < -0.4 is 5.32 Å². The molecule has 1 unspecified atom stereocenters. The van der Waals surface area contributed by atoms with Crippen LogP contribution in [0.2, 0.25) is 0 Å². The molecule has 0 aliphatic heterocycles. The molecule has 1 aromatic rings. The molecule has 7 heteroatoms. The minimum absolute atomic E-state index is 0.0420. The largest absolute Gasteiger partial charge is 0.356 e. The van der Waals surface area contributed by atoms with Gasteiger partial charge in [0.1, 0.15) is 12.4 Å². The molecule has 1 N–H and O–H groups in total. The third-order valence-electron chi connectivity index (χ3n) is 3.07. The van der Waals surface area contributed by atoms with Crippen molar-refractivity contribution in [2.75, 3.05) is 6.54 Å². The molecule has 0 spiro atoms. The molecule has 1 aromatic heterocycles. The zero-order valence-electron chi connectivity index (χ0n) is 12.0. The van der Waals surface area contributed by atoms with Crippen molar-refractivity contribution in [2.45, 2.75) is 46.1 Å². The lowest BCUT2D eigenvalue weighted by Gasteiger charge is -2.11.